The van der Waals surface area contributed by atoms with Gasteiger partial charge in [0.15, 0.2) is 0 Å². The Labute approximate surface area is 128 Å². The number of carbonyl (C=O) groups is 1. The molecule has 0 saturated heterocycles. The molecule has 0 fully saturated rings. The Morgan fingerprint density at radius 1 is 1.27 bits per heavy atom. The number of alkyl halides is 2. The van der Waals surface area contributed by atoms with E-state index in [1.807, 2.05) is 0 Å². The molecule has 0 aliphatic rings. The zero-order valence-corrected chi connectivity index (χ0v) is 13.4. The van der Waals surface area contributed by atoms with Gasteiger partial charge in [-0.15, -0.1) is 0 Å². The number of amides is 1. The maximum Gasteiger partial charge on any atom is 0.412 e. The molecule has 1 aromatic carbocycles. The van der Waals surface area contributed by atoms with E-state index in [9.17, 15) is 13.6 Å². The third-order valence-electron chi connectivity index (χ3n) is 2.90. The van der Waals surface area contributed by atoms with Crippen molar-refractivity contribution >= 4 is 11.8 Å². The molecule has 0 radical (unpaired) electrons. The van der Waals surface area contributed by atoms with Crippen LogP contribution < -0.4 is 15.8 Å². The van der Waals surface area contributed by atoms with Gasteiger partial charge in [0.25, 0.3) is 6.43 Å². The SMILES string of the molecule is COc1ccc(C(C)(N)C(F)F)c(NC(=O)OC(C)(C)C)c1. The van der Waals surface area contributed by atoms with Crippen LogP contribution in [0.3, 0.4) is 0 Å². The molecule has 1 atom stereocenters. The standard InChI is InChI=1S/C15H22F2N2O3/c1-14(2,3)22-13(20)19-11-8-9(21-5)6-7-10(11)15(4,18)12(16)17/h6-8,12H,18H2,1-5H3,(H,19,20). The van der Waals surface area contributed by atoms with Crippen LogP contribution >= 0.6 is 0 Å². The minimum absolute atomic E-state index is 0.0918. The lowest BCUT2D eigenvalue weighted by Crippen LogP contribution is -2.41. The number of rotatable bonds is 4. The van der Waals surface area contributed by atoms with E-state index in [4.69, 9.17) is 15.2 Å². The maximum atomic E-state index is 13.2. The molecular formula is C15H22F2N2O3. The number of methoxy groups -OCH3 is 1. The lowest BCUT2D eigenvalue weighted by Gasteiger charge is -2.27. The number of hydrogen-bond donors (Lipinski definition) is 2. The van der Waals surface area contributed by atoms with Crippen molar-refractivity contribution < 1.29 is 23.0 Å². The van der Waals surface area contributed by atoms with E-state index in [-0.39, 0.29) is 11.3 Å². The summed E-state index contributed by atoms with van der Waals surface area (Å²) >= 11 is 0. The first-order valence-corrected chi connectivity index (χ1v) is 6.73. The highest BCUT2D eigenvalue weighted by Crippen LogP contribution is 2.34. The topological polar surface area (TPSA) is 73.6 Å². The first kappa shape index (κ1) is 18.2. The van der Waals surface area contributed by atoms with E-state index >= 15 is 0 Å². The molecule has 1 amide bonds. The first-order chi connectivity index (χ1) is 9.97. The van der Waals surface area contributed by atoms with Crippen LogP contribution in [0.1, 0.15) is 33.3 Å². The monoisotopic (exact) mass is 316 g/mol. The van der Waals surface area contributed by atoms with Crippen LogP contribution in [-0.4, -0.2) is 25.2 Å². The Hall–Kier alpha value is -1.89. The average molecular weight is 316 g/mol. The first-order valence-electron chi connectivity index (χ1n) is 6.73. The number of carbonyl (C=O) groups excluding carboxylic acids is 1. The molecule has 1 aromatic rings. The molecule has 1 unspecified atom stereocenters. The summed E-state index contributed by atoms with van der Waals surface area (Å²) in [5.41, 5.74) is 3.28. The summed E-state index contributed by atoms with van der Waals surface area (Å²) in [5, 5.41) is 2.45. The quantitative estimate of drug-likeness (QED) is 0.892. The van der Waals surface area contributed by atoms with Gasteiger partial charge in [-0.3, -0.25) is 5.32 Å². The highest BCUT2D eigenvalue weighted by Gasteiger charge is 2.35. The van der Waals surface area contributed by atoms with Crippen molar-refractivity contribution in [3.05, 3.63) is 23.8 Å². The molecule has 0 aliphatic heterocycles. The summed E-state index contributed by atoms with van der Waals surface area (Å²) in [6, 6.07) is 4.33. The van der Waals surface area contributed by atoms with E-state index in [1.54, 1.807) is 20.8 Å². The van der Waals surface area contributed by atoms with Crippen molar-refractivity contribution in [3.63, 3.8) is 0 Å². The Bertz CT molecular complexity index is 540. The largest absolute Gasteiger partial charge is 0.497 e. The van der Waals surface area contributed by atoms with Crippen LogP contribution in [0.4, 0.5) is 19.3 Å². The van der Waals surface area contributed by atoms with Gasteiger partial charge in [-0.2, -0.15) is 0 Å². The molecule has 0 saturated carbocycles. The van der Waals surface area contributed by atoms with Crippen LogP contribution in [0.15, 0.2) is 18.2 Å². The number of nitrogens with one attached hydrogen (secondary N) is 1. The van der Waals surface area contributed by atoms with E-state index < -0.39 is 23.7 Å². The Morgan fingerprint density at radius 2 is 1.86 bits per heavy atom. The van der Waals surface area contributed by atoms with Crippen molar-refractivity contribution in [2.75, 3.05) is 12.4 Å². The number of nitrogens with two attached hydrogens (primary N) is 1. The maximum absolute atomic E-state index is 13.2. The molecule has 0 heterocycles. The van der Waals surface area contributed by atoms with E-state index in [2.05, 4.69) is 5.32 Å². The Morgan fingerprint density at radius 3 is 2.32 bits per heavy atom. The number of halogens is 2. The molecule has 0 aliphatic carbocycles. The van der Waals surface area contributed by atoms with Gasteiger partial charge in [-0.1, -0.05) is 6.07 Å². The molecule has 22 heavy (non-hydrogen) atoms. The summed E-state index contributed by atoms with van der Waals surface area (Å²) in [6.07, 6.45) is -3.56. The van der Waals surface area contributed by atoms with Crippen molar-refractivity contribution in [1.29, 1.82) is 0 Å². The molecular weight excluding hydrogens is 294 g/mol. The van der Waals surface area contributed by atoms with Gasteiger partial charge in [-0.25, -0.2) is 13.6 Å². The Balaban J connectivity index is 3.18. The van der Waals surface area contributed by atoms with E-state index in [0.717, 1.165) is 0 Å². The summed E-state index contributed by atoms with van der Waals surface area (Å²) in [5.74, 6) is 0.403. The number of benzene rings is 1. The molecule has 5 nitrogen and oxygen atoms in total. The van der Waals surface area contributed by atoms with Crippen molar-refractivity contribution in [2.24, 2.45) is 5.73 Å². The molecule has 0 aromatic heterocycles. The summed E-state index contributed by atoms with van der Waals surface area (Å²) in [7, 11) is 1.43. The summed E-state index contributed by atoms with van der Waals surface area (Å²) in [4.78, 5) is 11.9. The fourth-order valence-electron chi connectivity index (χ4n) is 1.75. The van der Waals surface area contributed by atoms with Gasteiger partial charge in [0, 0.05) is 11.6 Å². The number of anilines is 1. The highest BCUT2D eigenvalue weighted by molar-refractivity contribution is 5.86. The lowest BCUT2D eigenvalue weighted by atomic mass is 9.92. The van der Waals surface area contributed by atoms with Crippen LogP contribution in [0, 0.1) is 0 Å². The fourth-order valence-corrected chi connectivity index (χ4v) is 1.75. The number of ether oxygens (including phenoxy) is 2. The van der Waals surface area contributed by atoms with E-state index in [0.29, 0.717) is 5.75 Å². The molecule has 7 heteroatoms. The second-order valence-corrected chi connectivity index (χ2v) is 6.12. The lowest BCUT2D eigenvalue weighted by molar-refractivity contribution is 0.0605. The zero-order chi connectivity index (χ0) is 17.1. The molecule has 1 rings (SSSR count). The molecule has 3 N–H and O–H groups in total. The van der Waals surface area contributed by atoms with Gasteiger partial charge in [0.05, 0.1) is 12.8 Å². The van der Waals surface area contributed by atoms with E-state index in [1.165, 1.54) is 32.2 Å². The van der Waals surface area contributed by atoms with Gasteiger partial charge < -0.3 is 15.2 Å². The summed E-state index contributed by atoms with van der Waals surface area (Å²) < 4.78 is 36.5. The molecule has 124 valence electrons. The van der Waals surface area contributed by atoms with Crippen molar-refractivity contribution in [2.45, 2.75) is 45.3 Å². The zero-order valence-electron chi connectivity index (χ0n) is 13.4. The second-order valence-electron chi connectivity index (χ2n) is 6.12. The minimum Gasteiger partial charge on any atom is -0.497 e. The average Bonchev–Trinajstić information content (AvgIpc) is 2.35. The van der Waals surface area contributed by atoms with Crippen molar-refractivity contribution in [3.8, 4) is 5.75 Å². The fraction of sp³-hybridized carbons (Fsp3) is 0.533. The third-order valence-corrected chi connectivity index (χ3v) is 2.90. The van der Waals surface area contributed by atoms with Gasteiger partial charge >= 0.3 is 6.09 Å². The third kappa shape index (κ3) is 4.56. The predicted octanol–water partition coefficient (Wildman–Crippen LogP) is 3.48. The number of hydrogen-bond acceptors (Lipinski definition) is 4. The van der Waals surface area contributed by atoms with Crippen LogP contribution in [0.5, 0.6) is 5.75 Å². The van der Waals surface area contributed by atoms with Crippen LogP contribution in [0.25, 0.3) is 0 Å². The molecule has 0 spiro atoms. The predicted molar refractivity (Wildman–Crippen MR) is 80.4 cm³/mol. The Kier molecular flexibility index (Phi) is 5.35. The van der Waals surface area contributed by atoms with Gasteiger partial charge in [0.2, 0.25) is 0 Å². The van der Waals surface area contributed by atoms with Gasteiger partial charge in [0.1, 0.15) is 16.9 Å². The van der Waals surface area contributed by atoms with Crippen LogP contribution in [-0.2, 0) is 10.3 Å². The highest BCUT2D eigenvalue weighted by atomic mass is 19.3. The summed E-state index contributed by atoms with van der Waals surface area (Å²) in [6.45, 7) is 6.29. The van der Waals surface area contributed by atoms with Crippen LogP contribution in [0.2, 0.25) is 0 Å². The molecule has 0 bridgehead atoms. The normalized spacial score (nSPS) is 14.4. The smallest absolute Gasteiger partial charge is 0.412 e. The second kappa shape index (κ2) is 6.48. The van der Waals surface area contributed by atoms with Gasteiger partial charge in [-0.05, 0) is 33.8 Å². The minimum atomic E-state index is -2.81. The van der Waals surface area contributed by atoms with Crippen molar-refractivity contribution in [1.82, 2.24) is 0 Å².